The van der Waals surface area contributed by atoms with Crippen molar-refractivity contribution in [2.45, 2.75) is 6.61 Å². The summed E-state index contributed by atoms with van der Waals surface area (Å²) in [6.45, 7) is 4.25. The second kappa shape index (κ2) is 12.5. The molecule has 3 aromatic carbocycles. The third-order valence-electron chi connectivity index (χ3n) is 4.48. The first kappa shape index (κ1) is 25.6. The summed E-state index contributed by atoms with van der Waals surface area (Å²) in [5.74, 6) is 0.889. The zero-order chi connectivity index (χ0) is 24.5. The number of nitrogens with one attached hydrogen (secondary N) is 1. The van der Waals surface area contributed by atoms with Crippen molar-refractivity contribution in [1.82, 2.24) is 5.43 Å². The van der Waals surface area contributed by atoms with Gasteiger partial charge in [0.1, 0.15) is 13.2 Å². The molecule has 1 amide bonds. The van der Waals surface area contributed by atoms with Gasteiger partial charge in [0.25, 0.3) is 5.91 Å². The molecule has 0 aliphatic heterocycles. The highest BCUT2D eigenvalue weighted by Crippen LogP contribution is 2.34. The topological polar surface area (TPSA) is 69.2 Å². The zero-order valence-electron chi connectivity index (χ0n) is 18.2. The Kier molecular flexibility index (Phi) is 9.39. The zero-order valence-corrected chi connectivity index (χ0v) is 21.3. The summed E-state index contributed by atoms with van der Waals surface area (Å²) in [4.78, 5) is 12.4. The van der Waals surface area contributed by atoms with Crippen molar-refractivity contribution >= 4 is 51.3 Å². The van der Waals surface area contributed by atoms with Crippen molar-refractivity contribution in [3.63, 3.8) is 0 Å². The van der Waals surface area contributed by atoms with E-state index in [1.54, 1.807) is 36.4 Å². The number of rotatable bonds is 10. The number of hydrogen-bond acceptors (Lipinski definition) is 5. The van der Waals surface area contributed by atoms with Gasteiger partial charge in [0.2, 0.25) is 0 Å². The Labute approximate surface area is 216 Å². The fraction of sp³-hybridized carbons (Fsp3) is 0.120. The number of hydrazone groups is 1. The van der Waals surface area contributed by atoms with Gasteiger partial charge in [0, 0.05) is 10.0 Å². The molecule has 6 nitrogen and oxygen atoms in total. The lowest BCUT2D eigenvalue weighted by Gasteiger charge is -2.11. The summed E-state index contributed by atoms with van der Waals surface area (Å²) < 4.78 is 17.5. The van der Waals surface area contributed by atoms with E-state index in [-0.39, 0.29) is 0 Å². The molecular formula is C25H21BrCl2N2O4. The monoisotopic (exact) mass is 562 g/mol. The van der Waals surface area contributed by atoms with E-state index in [0.29, 0.717) is 51.6 Å². The molecule has 0 atom stereocenters. The van der Waals surface area contributed by atoms with Crippen LogP contribution in [0.15, 0.2) is 76.8 Å². The van der Waals surface area contributed by atoms with Crippen LogP contribution in [0.5, 0.6) is 17.2 Å². The molecule has 0 saturated heterocycles. The van der Waals surface area contributed by atoms with Crippen LogP contribution >= 0.6 is 39.1 Å². The van der Waals surface area contributed by atoms with E-state index < -0.39 is 5.91 Å². The Balaban J connectivity index is 1.63. The lowest BCUT2D eigenvalue weighted by atomic mass is 10.2. The van der Waals surface area contributed by atoms with Gasteiger partial charge >= 0.3 is 0 Å². The van der Waals surface area contributed by atoms with Crippen LogP contribution in [0.3, 0.4) is 0 Å². The van der Waals surface area contributed by atoms with Crippen LogP contribution < -0.4 is 19.6 Å². The summed E-state index contributed by atoms with van der Waals surface area (Å²) in [6.07, 6.45) is 3.06. The summed E-state index contributed by atoms with van der Waals surface area (Å²) in [6, 6.07) is 15.8. The van der Waals surface area contributed by atoms with E-state index >= 15 is 0 Å². The number of amides is 1. The molecule has 3 aromatic rings. The molecule has 0 aliphatic rings. The summed E-state index contributed by atoms with van der Waals surface area (Å²) in [7, 11) is 1.50. The van der Waals surface area contributed by atoms with Gasteiger partial charge in [-0.2, -0.15) is 5.10 Å². The van der Waals surface area contributed by atoms with Crippen molar-refractivity contribution in [1.29, 1.82) is 0 Å². The van der Waals surface area contributed by atoms with Crippen LogP contribution in [0.2, 0.25) is 10.0 Å². The van der Waals surface area contributed by atoms with Crippen LogP contribution in [-0.4, -0.2) is 25.8 Å². The van der Waals surface area contributed by atoms with Gasteiger partial charge in [0.05, 0.1) is 23.4 Å². The molecule has 1 N–H and O–H groups in total. The average Bonchev–Trinajstić information content (AvgIpc) is 2.83. The molecule has 0 heterocycles. The molecule has 0 spiro atoms. The van der Waals surface area contributed by atoms with Crippen molar-refractivity contribution in [2.75, 3.05) is 13.7 Å². The van der Waals surface area contributed by atoms with E-state index in [2.05, 4.69) is 33.0 Å². The van der Waals surface area contributed by atoms with Gasteiger partial charge in [-0.05, 0) is 53.6 Å². The van der Waals surface area contributed by atoms with Crippen LogP contribution in [0, 0.1) is 0 Å². The molecule has 0 aromatic heterocycles. The van der Waals surface area contributed by atoms with E-state index in [9.17, 15) is 4.79 Å². The third-order valence-corrected chi connectivity index (χ3v) is 5.57. The molecule has 176 valence electrons. The largest absolute Gasteiger partial charge is 0.493 e. The van der Waals surface area contributed by atoms with E-state index in [1.807, 2.05) is 24.3 Å². The molecule has 34 heavy (non-hydrogen) atoms. The Morgan fingerprint density at radius 2 is 1.76 bits per heavy atom. The molecule has 0 bridgehead atoms. The maximum Gasteiger partial charge on any atom is 0.271 e. The number of hydrogen-bond donors (Lipinski definition) is 1. The number of halogens is 3. The van der Waals surface area contributed by atoms with Crippen molar-refractivity contribution in [2.24, 2.45) is 5.10 Å². The maximum atomic E-state index is 12.4. The standard InChI is InChI=1S/C25H21BrCl2N2O4/c1-3-10-33-22-9-6-18(13-23(22)32-2)25(31)30-29-14-17-11-20(27)24(21(28)12-17)34-15-16-4-7-19(26)8-5-16/h3-9,11-14H,1,10,15H2,2H3,(H,30,31)/b29-14+. The molecule has 9 heteroatoms. The van der Waals surface area contributed by atoms with Crippen LogP contribution in [0.1, 0.15) is 21.5 Å². The van der Waals surface area contributed by atoms with Gasteiger partial charge in [-0.15, -0.1) is 0 Å². The van der Waals surface area contributed by atoms with Crippen LogP contribution in [0.4, 0.5) is 0 Å². The molecule has 0 fully saturated rings. The smallest absolute Gasteiger partial charge is 0.271 e. The minimum atomic E-state index is -0.420. The Bertz CT molecular complexity index is 1180. The first-order valence-corrected chi connectivity index (χ1v) is 11.6. The second-order valence-electron chi connectivity index (χ2n) is 6.89. The molecule has 0 unspecified atom stereocenters. The van der Waals surface area contributed by atoms with E-state index in [0.717, 1.165) is 10.0 Å². The van der Waals surface area contributed by atoms with Gasteiger partial charge in [0.15, 0.2) is 17.2 Å². The lowest BCUT2D eigenvalue weighted by Crippen LogP contribution is -2.17. The Hall–Kier alpha value is -3.00. The molecular weight excluding hydrogens is 543 g/mol. The van der Waals surface area contributed by atoms with Crippen LogP contribution in [0.25, 0.3) is 0 Å². The minimum Gasteiger partial charge on any atom is -0.493 e. The van der Waals surface area contributed by atoms with Gasteiger partial charge < -0.3 is 14.2 Å². The maximum absolute atomic E-state index is 12.4. The number of methoxy groups -OCH3 is 1. The summed E-state index contributed by atoms with van der Waals surface area (Å²) in [5, 5.41) is 4.65. The predicted octanol–water partition coefficient (Wildman–Crippen LogP) is 6.67. The third kappa shape index (κ3) is 7.00. The summed E-state index contributed by atoms with van der Waals surface area (Å²) in [5.41, 5.74) is 4.38. The first-order chi connectivity index (χ1) is 16.4. The Morgan fingerprint density at radius 3 is 2.41 bits per heavy atom. The molecule has 0 radical (unpaired) electrons. The SMILES string of the molecule is C=CCOc1ccc(C(=O)N/N=C/c2cc(Cl)c(OCc3ccc(Br)cc3)c(Cl)c2)cc1OC. The number of ether oxygens (including phenoxy) is 3. The molecule has 3 rings (SSSR count). The predicted molar refractivity (Wildman–Crippen MR) is 139 cm³/mol. The van der Waals surface area contributed by atoms with E-state index in [1.165, 1.54) is 13.3 Å². The van der Waals surface area contributed by atoms with Crippen molar-refractivity contribution < 1.29 is 19.0 Å². The highest BCUT2D eigenvalue weighted by molar-refractivity contribution is 9.10. The Morgan fingerprint density at radius 1 is 1.06 bits per heavy atom. The van der Waals surface area contributed by atoms with Crippen molar-refractivity contribution in [3.05, 3.63) is 98.5 Å². The fourth-order valence-electron chi connectivity index (χ4n) is 2.83. The second-order valence-corrected chi connectivity index (χ2v) is 8.62. The molecule has 0 saturated carbocycles. The average molecular weight is 564 g/mol. The van der Waals surface area contributed by atoms with Gasteiger partial charge in [-0.3, -0.25) is 4.79 Å². The number of nitrogens with zero attached hydrogens (tertiary/aromatic N) is 1. The number of benzene rings is 3. The van der Waals surface area contributed by atoms with Gasteiger partial charge in [-0.1, -0.05) is 63.9 Å². The number of carbonyl (C=O) groups is 1. The molecule has 0 aliphatic carbocycles. The highest BCUT2D eigenvalue weighted by Gasteiger charge is 2.12. The first-order valence-electron chi connectivity index (χ1n) is 10.0. The quantitative estimate of drug-likeness (QED) is 0.170. The summed E-state index contributed by atoms with van der Waals surface area (Å²) >= 11 is 16.1. The van der Waals surface area contributed by atoms with Crippen molar-refractivity contribution in [3.8, 4) is 17.2 Å². The van der Waals surface area contributed by atoms with Gasteiger partial charge in [-0.25, -0.2) is 5.43 Å². The minimum absolute atomic E-state index is 0.317. The number of carbonyl (C=O) groups excluding carboxylic acids is 1. The fourth-order valence-corrected chi connectivity index (χ4v) is 3.71. The van der Waals surface area contributed by atoms with Crippen LogP contribution in [-0.2, 0) is 6.61 Å². The highest BCUT2D eigenvalue weighted by atomic mass is 79.9. The normalized spacial score (nSPS) is 10.7. The van der Waals surface area contributed by atoms with E-state index in [4.69, 9.17) is 37.4 Å². The lowest BCUT2D eigenvalue weighted by molar-refractivity contribution is 0.0954.